The summed E-state index contributed by atoms with van der Waals surface area (Å²) >= 11 is 1.73. The van der Waals surface area contributed by atoms with Gasteiger partial charge in [-0.05, 0) is 66.2 Å². The normalized spacial score (nSPS) is 11.5. The predicted molar refractivity (Wildman–Crippen MR) is 166 cm³/mol. The molecule has 0 bridgehead atoms. The molecule has 0 unspecified atom stereocenters. The van der Waals surface area contributed by atoms with Gasteiger partial charge in [-0.1, -0.05) is 54.6 Å². The van der Waals surface area contributed by atoms with Gasteiger partial charge in [0, 0.05) is 51.7 Å². The highest BCUT2D eigenvalue weighted by Crippen LogP contribution is 2.42. The lowest BCUT2D eigenvalue weighted by Crippen LogP contribution is -1.95. The Kier molecular flexibility index (Phi) is 5.28. The molecule has 5 heteroatoms. The van der Waals surface area contributed by atoms with E-state index < -0.39 is 0 Å². The van der Waals surface area contributed by atoms with Crippen molar-refractivity contribution in [3.63, 3.8) is 0 Å². The summed E-state index contributed by atoms with van der Waals surface area (Å²) in [6.45, 7) is 0. The number of fused-ring (bicyclic) bond motifs is 4. The molecule has 4 aromatic carbocycles. The lowest BCUT2D eigenvalue weighted by Gasteiger charge is -2.12. The van der Waals surface area contributed by atoms with E-state index in [1.807, 2.05) is 42.9 Å². The second-order valence-electron chi connectivity index (χ2n) is 9.76. The van der Waals surface area contributed by atoms with E-state index in [4.69, 9.17) is 4.98 Å². The molecule has 0 N–H and O–H groups in total. The molecule has 0 aliphatic carbocycles. The van der Waals surface area contributed by atoms with Crippen molar-refractivity contribution in [1.29, 1.82) is 0 Å². The van der Waals surface area contributed by atoms with Gasteiger partial charge in [0.1, 0.15) is 5.01 Å². The smallest absolute Gasteiger partial charge is 0.125 e. The predicted octanol–water partition coefficient (Wildman–Crippen LogP) is 9.18. The zero-order valence-corrected chi connectivity index (χ0v) is 22.2. The first-order chi connectivity index (χ1) is 19.8. The molecule has 4 aromatic heterocycles. The minimum absolute atomic E-state index is 0.958. The highest BCUT2D eigenvalue weighted by Gasteiger charge is 2.19. The van der Waals surface area contributed by atoms with Crippen LogP contribution in [0.25, 0.3) is 70.7 Å². The van der Waals surface area contributed by atoms with E-state index >= 15 is 0 Å². The average molecular weight is 531 g/mol. The molecular formula is C35H22N4S. The zero-order valence-electron chi connectivity index (χ0n) is 21.4. The van der Waals surface area contributed by atoms with E-state index in [1.165, 1.54) is 15.5 Å². The average Bonchev–Trinajstić information content (AvgIpc) is 3.60. The van der Waals surface area contributed by atoms with Crippen LogP contribution in [0.4, 0.5) is 0 Å². The lowest BCUT2D eigenvalue weighted by molar-refractivity contribution is 1.18. The molecule has 0 atom stereocenters. The monoisotopic (exact) mass is 530 g/mol. The van der Waals surface area contributed by atoms with E-state index in [0.29, 0.717) is 0 Å². The molecule has 8 aromatic rings. The minimum Gasteiger partial charge on any atom is -0.309 e. The molecule has 0 spiro atoms. The van der Waals surface area contributed by atoms with Gasteiger partial charge in [-0.25, -0.2) is 4.98 Å². The van der Waals surface area contributed by atoms with Crippen LogP contribution in [0.5, 0.6) is 0 Å². The fourth-order valence-corrected chi connectivity index (χ4v) is 6.55. The Morgan fingerprint density at radius 1 is 0.600 bits per heavy atom. The standard InChI is InChI=1S/C35H22N4S/c1-3-15-32-26(12-1)28-20-27(24-10-8-17-36-22-24)29(35-38-31-14-2-4-16-34(31)40-35)21-33(28)39(32)25-11-7-9-23(19-25)30-13-5-6-18-37-30/h1-22H. The van der Waals surface area contributed by atoms with Crippen molar-refractivity contribution in [1.82, 2.24) is 19.5 Å². The fourth-order valence-electron chi connectivity index (χ4n) is 5.56. The van der Waals surface area contributed by atoms with Crippen LogP contribution in [0, 0.1) is 0 Å². The second-order valence-corrected chi connectivity index (χ2v) is 10.8. The Morgan fingerprint density at radius 2 is 1.48 bits per heavy atom. The quantitative estimate of drug-likeness (QED) is 0.228. The first-order valence-electron chi connectivity index (χ1n) is 13.2. The number of nitrogens with zero attached hydrogens (tertiary/aromatic N) is 4. The number of pyridine rings is 2. The zero-order chi connectivity index (χ0) is 26.5. The topological polar surface area (TPSA) is 43.6 Å². The number of para-hydroxylation sites is 2. The van der Waals surface area contributed by atoms with Crippen molar-refractivity contribution in [2.24, 2.45) is 0 Å². The summed E-state index contributed by atoms with van der Waals surface area (Å²) < 4.78 is 3.54. The summed E-state index contributed by atoms with van der Waals surface area (Å²) in [5, 5.41) is 3.41. The van der Waals surface area contributed by atoms with Crippen LogP contribution < -0.4 is 0 Å². The molecule has 188 valence electrons. The molecule has 0 aliphatic rings. The second kappa shape index (κ2) is 9.26. The summed E-state index contributed by atoms with van der Waals surface area (Å²) in [5.74, 6) is 0. The van der Waals surface area contributed by atoms with Crippen LogP contribution in [0.2, 0.25) is 0 Å². The van der Waals surface area contributed by atoms with Crippen molar-refractivity contribution >= 4 is 43.4 Å². The van der Waals surface area contributed by atoms with Crippen LogP contribution in [0.3, 0.4) is 0 Å². The van der Waals surface area contributed by atoms with Crippen molar-refractivity contribution in [2.75, 3.05) is 0 Å². The Labute approximate surface area is 234 Å². The molecular weight excluding hydrogens is 508 g/mol. The summed E-state index contributed by atoms with van der Waals surface area (Å²) in [5.41, 5.74) is 9.77. The molecule has 0 saturated heterocycles. The Balaban J connectivity index is 1.45. The maximum Gasteiger partial charge on any atom is 0.125 e. The van der Waals surface area contributed by atoms with Crippen molar-refractivity contribution in [3.05, 3.63) is 134 Å². The van der Waals surface area contributed by atoms with Crippen LogP contribution in [0.1, 0.15) is 0 Å². The van der Waals surface area contributed by atoms with E-state index in [1.54, 1.807) is 11.3 Å². The fraction of sp³-hybridized carbons (Fsp3) is 0. The van der Waals surface area contributed by atoms with E-state index in [-0.39, 0.29) is 0 Å². The number of rotatable bonds is 4. The van der Waals surface area contributed by atoms with Crippen LogP contribution in [-0.4, -0.2) is 19.5 Å². The van der Waals surface area contributed by atoms with Gasteiger partial charge in [0.25, 0.3) is 0 Å². The Morgan fingerprint density at radius 3 is 2.35 bits per heavy atom. The van der Waals surface area contributed by atoms with E-state index in [9.17, 15) is 0 Å². The molecule has 8 rings (SSSR count). The van der Waals surface area contributed by atoms with Gasteiger partial charge in [-0.15, -0.1) is 11.3 Å². The Bertz CT molecular complexity index is 2130. The minimum atomic E-state index is 0.958. The molecule has 0 fully saturated rings. The van der Waals surface area contributed by atoms with E-state index in [0.717, 1.165) is 55.2 Å². The maximum absolute atomic E-state index is 5.07. The van der Waals surface area contributed by atoms with Gasteiger partial charge < -0.3 is 4.57 Å². The third-order valence-corrected chi connectivity index (χ3v) is 8.44. The van der Waals surface area contributed by atoms with Crippen LogP contribution in [0.15, 0.2) is 134 Å². The van der Waals surface area contributed by atoms with Crippen LogP contribution in [-0.2, 0) is 0 Å². The number of aromatic nitrogens is 4. The van der Waals surface area contributed by atoms with Crippen molar-refractivity contribution < 1.29 is 0 Å². The van der Waals surface area contributed by atoms with Gasteiger partial charge in [0.15, 0.2) is 0 Å². The van der Waals surface area contributed by atoms with Gasteiger partial charge in [-0.3, -0.25) is 9.97 Å². The highest BCUT2D eigenvalue weighted by molar-refractivity contribution is 7.21. The maximum atomic E-state index is 5.07. The third-order valence-electron chi connectivity index (χ3n) is 7.37. The summed E-state index contributed by atoms with van der Waals surface area (Å²) in [7, 11) is 0. The molecule has 40 heavy (non-hydrogen) atoms. The molecule has 0 amide bonds. The third kappa shape index (κ3) is 3.71. The first kappa shape index (κ1) is 22.8. The molecule has 0 radical (unpaired) electrons. The van der Waals surface area contributed by atoms with Crippen molar-refractivity contribution in [3.8, 4) is 38.6 Å². The first-order valence-corrected chi connectivity index (χ1v) is 14.0. The molecule has 4 heterocycles. The number of hydrogen-bond donors (Lipinski definition) is 0. The van der Waals surface area contributed by atoms with Gasteiger partial charge in [0.2, 0.25) is 0 Å². The summed E-state index contributed by atoms with van der Waals surface area (Å²) in [4.78, 5) is 14.1. The molecule has 0 saturated carbocycles. The lowest BCUT2D eigenvalue weighted by atomic mass is 9.98. The number of hydrogen-bond acceptors (Lipinski definition) is 4. The van der Waals surface area contributed by atoms with Crippen molar-refractivity contribution in [2.45, 2.75) is 0 Å². The highest BCUT2D eigenvalue weighted by atomic mass is 32.1. The summed E-state index contributed by atoms with van der Waals surface area (Å²) in [6.07, 6.45) is 5.60. The molecule has 0 aliphatic heterocycles. The Hall–Kier alpha value is -5.13. The van der Waals surface area contributed by atoms with Gasteiger partial charge in [0.05, 0.1) is 26.9 Å². The van der Waals surface area contributed by atoms with Crippen LogP contribution >= 0.6 is 11.3 Å². The van der Waals surface area contributed by atoms with Gasteiger partial charge >= 0.3 is 0 Å². The largest absolute Gasteiger partial charge is 0.309 e. The SMILES string of the molecule is c1ccc(-c2cccc(-n3c4ccccc4c4cc(-c5cccnc5)c(-c5nc6ccccc6s5)cc43)c2)nc1. The number of benzene rings is 4. The number of thiazole rings is 1. The summed E-state index contributed by atoms with van der Waals surface area (Å²) in [6, 6.07) is 40.4. The van der Waals surface area contributed by atoms with Gasteiger partial charge in [-0.2, -0.15) is 0 Å². The molecule has 4 nitrogen and oxygen atoms in total. The van der Waals surface area contributed by atoms with E-state index in [2.05, 4.69) is 106 Å².